The molecule has 0 aliphatic rings. The first-order valence-corrected chi connectivity index (χ1v) is 3.20. The Balaban J connectivity index is 0. The van der Waals surface area contributed by atoms with Crippen LogP contribution in [0.1, 0.15) is 0 Å². The molecule has 0 atom stereocenters. The van der Waals surface area contributed by atoms with Crippen molar-refractivity contribution in [1.82, 2.24) is 0 Å². The Hall–Kier alpha value is -0.680. The number of primary amides is 2. The molecule has 0 spiro atoms. The van der Waals surface area contributed by atoms with E-state index < -0.39 is 6.03 Å². The normalized spacial score (nSPS) is 6.40. The third kappa shape index (κ3) is 15.7. The van der Waals surface area contributed by atoms with Gasteiger partial charge in [0.05, 0.1) is 0 Å². The van der Waals surface area contributed by atoms with Crippen molar-refractivity contribution in [3.63, 3.8) is 0 Å². The highest BCUT2D eigenvalue weighted by Gasteiger charge is 1.60. The van der Waals surface area contributed by atoms with Crippen molar-refractivity contribution in [2.45, 2.75) is 0 Å². The first kappa shape index (κ1) is 12.0. The van der Waals surface area contributed by atoms with E-state index in [1.54, 1.807) is 11.3 Å². The minimum atomic E-state index is -0.833. The molecule has 0 aromatic carbocycles. The zero-order valence-corrected chi connectivity index (χ0v) is 7.10. The minimum absolute atomic E-state index is 0. The summed E-state index contributed by atoms with van der Waals surface area (Å²) in [6, 6.07) is 3.20. The molecule has 2 amide bonds. The van der Waals surface area contributed by atoms with Crippen LogP contribution in [0.15, 0.2) is 22.9 Å². The summed E-state index contributed by atoms with van der Waals surface area (Å²) in [6.45, 7) is 0. The molecule has 0 unspecified atom stereocenters. The number of urea groups is 1. The third-order valence-electron chi connectivity index (χ3n) is 0.425. The van der Waals surface area contributed by atoms with Gasteiger partial charge in [0.1, 0.15) is 0 Å². The maximum atomic E-state index is 9.00. The van der Waals surface area contributed by atoms with Crippen molar-refractivity contribution in [3.05, 3.63) is 22.9 Å². The summed E-state index contributed by atoms with van der Waals surface area (Å²) in [4.78, 5) is 9.00. The van der Waals surface area contributed by atoms with E-state index in [9.17, 15) is 0 Å². The van der Waals surface area contributed by atoms with Crippen LogP contribution >= 0.6 is 24.8 Å². The lowest BCUT2D eigenvalue weighted by atomic mass is 10.7. The average molecular weight is 178 g/mol. The summed E-state index contributed by atoms with van der Waals surface area (Å²) in [6.07, 6.45) is 0. The van der Waals surface area contributed by atoms with Crippen LogP contribution in [0.25, 0.3) is 0 Å². The van der Waals surface area contributed by atoms with Crippen molar-refractivity contribution in [2.24, 2.45) is 11.5 Å². The molecule has 0 radical (unpaired) electrons. The van der Waals surface area contributed by atoms with Crippen molar-refractivity contribution in [3.8, 4) is 0 Å². The van der Waals surface area contributed by atoms with Crippen LogP contribution in [0.3, 0.4) is 0 Å². The molecule has 0 aliphatic carbocycles. The van der Waals surface area contributed by atoms with Crippen molar-refractivity contribution < 1.29 is 4.79 Å². The number of hydrogen-bond acceptors (Lipinski definition) is 2. The Morgan fingerprint density at radius 2 is 1.50 bits per heavy atom. The number of thiophene rings is 1. The molecule has 4 N–H and O–H groups in total. The van der Waals surface area contributed by atoms with Crippen LogP contribution in [0.5, 0.6) is 0 Å². The Morgan fingerprint density at radius 3 is 1.60 bits per heavy atom. The zero-order chi connectivity index (χ0) is 7.11. The topological polar surface area (TPSA) is 69.1 Å². The molecule has 0 bridgehead atoms. The standard InChI is InChI=1S/C4H4S.CH4N2O.H2S/c1-2-4-5-3-1;2-1(3)4;/h1-4H;(H4,2,3,4);1H2. The fourth-order valence-corrected chi connectivity index (χ4v) is 0.680. The van der Waals surface area contributed by atoms with E-state index in [2.05, 4.69) is 11.5 Å². The predicted molar refractivity (Wildman–Crippen MR) is 48.5 cm³/mol. The summed E-state index contributed by atoms with van der Waals surface area (Å²) in [7, 11) is 0. The van der Waals surface area contributed by atoms with Crippen LogP contribution in [-0.4, -0.2) is 6.03 Å². The lowest BCUT2D eigenvalue weighted by Crippen LogP contribution is -2.18. The number of carbonyl (C=O) groups excluding carboxylic acids is 1. The SMILES string of the molecule is NC(N)=O.S.c1ccsc1. The molecule has 3 nitrogen and oxygen atoms in total. The van der Waals surface area contributed by atoms with E-state index in [1.807, 2.05) is 22.9 Å². The molecule has 1 aromatic rings. The van der Waals surface area contributed by atoms with Gasteiger partial charge in [-0.05, 0) is 10.8 Å². The zero-order valence-electron chi connectivity index (χ0n) is 5.28. The Kier molecular flexibility index (Phi) is 10.0. The molecule has 5 heteroatoms. The van der Waals surface area contributed by atoms with Crippen LogP contribution in [0.2, 0.25) is 0 Å². The number of amides is 2. The van der Waals surface area contributed by atoms with Gasteiger partial charge in [0.2, 0.25) is 0 Å². The summed E-state index contributed by atoms with van der Waals surface area (Å²) < 4.78 is 0. The maximum absolute atomic E-state index is 9.00. The fraction of sp³-hybridized carbons (Fsp3) is 0. The Labute approximate surface area is 70.5 Å². The van der Waals surface area contributed by atoms with Gasteiger partial charge in [0.25, 0.3) is 0 Å². The summed E-state index contributed by atoms with van der Waals surface area (Å²) >= 11 is 1.71. The highest BCUT2D eigenvalue weighted by atomic mass is 32.1. The Bertz CT molecular complexity index is 131. The highest BCUT2D eigenvalue weighted by Crippen LogP contribution is 1.91. The second-order valence-electron chi connectivity index (χ2n) is 1.20. The van der Waals surface area contributed by atoms with Gasteiger partial charge < -0.3 is 11.5 Å². The predicted octanol–water partition coefficient (Wildman–Crippen LogP) is 0.885. The summed E-state index contributed by atoms with van der Waals surface area (Å²) in [5.74, 6) is 0. The van der Waals surface area contributed by atoms with Crippen molar-refractivity contribution >= 4 is 30.9 Å². The first-order valence-electron chi connectivity index (χ1n) is 2.25. The van der Waals surface area contributed by atoms with Crippen molar-refractivity contribution in [1.29, 1.82) is 0 Å². The first-order chi connectivity index (χ1) is 4.23. The largest absolute Gasteiger partial charge is 0.352 e. The molecular formula is C5H10N2OS2. The third-order valence-corrected chi connectivity index (χ3v) is 1.05. The van der Waals surface area contributed by atoms with E-state index in [0.717, 1.165) is 0 Å². The molecule has 0 aliphatic heterocycles. The second kappa shape index (κ2) is 8.32. The molecule has 0 saturated heterocycles. The smallest absolute Gasteiger partial charge is 0.309 e. The van der Waals surface area contributed by atoms with Gasteiger partial charge >= 0.3 is 6.03 Å². The lowest BCUT2D eigenvalue weighted by Gasteiger charge is -1.62. The lowest BCUT2D eigenvalue weighted by molar-refractivity contribution is 0.256. The van der Waals surface area contributed by atoms with E-state index in [4.69, 9.17) is 4.79 Å². The maximum Gasteiger partial charge on any atom is 0.309 e. The molecule has 0 fully saturated rings. The molecule has 10 heavy (non-hydrogen) atoms. The highest BCUT2D eigenvalue weighted by molar-refractivity contribution is 7.59. The molecule has 1 aromatic heterocycles. The summed E-state index contributed by atoms with van der Waals surface area (Å²) in [5.41, 5.74) is 8.50. The number of hydrogen-bond donors (Lipinski definition) is 2. The van der Waals surface area contributed by atoms with Gasteiger partial charge in [-0.2, -0.15) is 24.8 Å². The second-order valence-corrected chi connectivity index (χ2v) is 2.01. The van der Waals surface area contributed by atoms with E-state index in [1.165, 1.54) is 0 Å². The van der Waals surface area contributed by atoms with Crippen LogP contribution in [0, 0.1) is 0 Å². The van der Waals surface area contributed by atoms with Gasteiger partial charge in [0.15, 0.2) is 0 Å². The van der Waals surface area contributed by atoms with E-state index in [-0.39, 0.29) is 13.5 Å². The Morgan fingerprint density at radius 1 is 1.20 bits per heavy atom. The van der Waals surface area contributed by atoms with Crippen LogP contribution in [0.4, 0.5) is 4.79 Å². The van der Waals surface area contributed by atoms with Gasteiger partial charge in [0, 0.05) is 0 Å². The van der Waals surface area contributed by atoms with Crippen LogP contribution < -0.4 is 11.5 Å². The summed E-state index contributed by atoms with van der Waals surface area (Å²) in [5, 5.41) is 4.08. The molecular weight excluding hydrogens is 168 g/mol. The van der Waals surface area contributed by atoms with Gasteiger partial charge in [-0.3, -0.25) is 0 Å². The molecule has 0 saturated carbocycles. The number of rotatable bonds is 0. The average Bonchev–Trinajstić information content (AvgIpc) is 2.11. The minimum Gasteiger partial charge on any atom is -0.352 e. The van der Waals surface area contributed by atoms with Crippen molar-refractivity contribution in [2.75, 3.05) is 0 Å². The van der Waals surface area contributed by atoms with Gasteiger partial charge in [-0.1, -0.05) is 12.1 Å². The van der Waals surface area contributed by atoms with Gasteiger partial charge in [-0.25, -0.2) is 4.79 Å². The quantitative estimate of drug-likeness (QED) is 0.608. The van der Waals surface area contributed by atoms with Crippen LogP contribution in [-0.2, 0) is 0 Å². The van der Waals surface area contributed by atoms with E-state index >= 15 is 0 Å². The monoisotopic (exact) mass is 178 g/mol. The van der Waals surface area contributed by atoms with E-state index in [0.29, 0.717) is 0 Å². The molecule has 1 rings (SSSR count). The number of nitrogens with two attached hydrogens (primary N) is 2. The molecule has 1 heterocycles. The fourth-order valence-electron chi connectivity index (χ4n) is 0.227. The van der Waals surface area contributed by atoms with Gasteiger partial charge in [-0.15, -0.1) is 0 Å². The molecule has 58 valence electrons. The number of carbonyl (C=O) groups is 1.